The van der Waals surface area contributed by atoms with Crippen LogP contribution in [0.1, 0.15) is 11.3 Å². The molecular formula is C22H25N5S. The molecule has 1 N–H and O–H groups in total. The smallest absolute Gasteiger partial charge is 0.161 e. The van der Waals surface area contributed by atoms with Crippen molar-refractivity contribution in [3.05, 3.63) is 66.1 Å². The minimum Gasteiger partial charge on any atom is -0.340 e. The summed E-state index contributed by atoms with van der Waals surface area (Å²) in [6.07, 6.45) is 4.62. The maximum atomic E-state index is 4.66. The molecule has 1 saturated heterocycles. The number of nitrogens with zero attached hydrogens (tertiary/aromatic N) is 4. The average Bonchev–Trinajstić information content (AvgIpc) is 2.74. The van der Waals surface area contributed by atoms with Crippen molar-refractivity contribution in [2.75, 3.05) is 36.5 Å². The molecule has 1 aliphatic rings. The molecule has 0 aliphatic carbocycles. The minimum absolute atomic E-state index is 0.709. The second kappa shape index (κ2) is 9.17. The van der Waals surface area contributed by atoms with Gasteiger partial charge in [0.25, 0.3) is 0 Å². The van der Waals surface area contributed by atoms with Crippen LogP contribution in [0.2, 0.25) is 0 Å². The molecule has 0 spiro atoms. The second-order valence-electron chi connectivity index (χ2n) is 6.98. The summed E-state index contributed by atoms with van der Waals surface area (Å²) in [7, 11) is 0. The topological polar surface area (TPSA) is 53.9 Å². The number of hydrogen-bond donors (Lipinski definition) is 1. The van der Waals surface area contributed by atoms with E-state index in [4.69, 9.17) is 0 Å². The van der Waals surface area contributed by atoms with Crippen molar-refractivity contribution in [1.29, 1.82) is 0 Å². The number of aryl methyl sites for hydroxylation is 1. The molecular weight excluding hydrogens is 366 g/mol. The van der Waals surface area contributed by atoms with E-state index in [1.165, 1.54) is 30.2 Å². The standard InChI is InChI=1S/C22H25N5S/c1-17-16-21(26-22(24-17)19-6-9-23-10-7-19)25-20-4-2-18(3-5-20)8-11-27-12-14-28-15-13-27/h2-7,9-10,16H,8,11-15H2,1H3,(H,24,25,26). The number of pyridine rings is 1. The van der Waals surface area contributed by atoms with Crippen LogP contribution in [0, 0.1) is 6.92 Å². The van der Waals surface area contributed by atoms with E-state index in [1.807, 2.05) is 25.1 Å². The Kier molecular flexibility index (Phi) is 6.19. The Morgan fingerprint density at radius 1 is 1.00 bits per heavy atom. The Balaban J connectivity index is 1.41. The molecule has 144 valence electrons. The van der Waals surface area contributed by atoms with Gasteiger partial charge in [0.15, 0.2) is 5.82 Å². The van der Waals surface area contributed by atoms with Gasteiger partial charge in [0.2, 0.25) is 0 Å². The lowest BCUT2D eigenvalue weighted by atomic mass is 10.1. The predicted octanol–water partition coefficient (Wildman–Crippen LogP) is 4.18. The molecule has 0 unspecified atom stereocenters. The predicted molar refractivity (Wildman–Crippen MR) is 117 cm³/mol. The molecule has 3 aromatic rings. The molecule has 0 bridgehead atoms. The average molecular weight is 392 g/mol. The van der Waals surface area contributed by atoms with Gasteiger partial charge in [-0.05, 0) is 43.2 Å². The van der Waals surface area contributed by atoms with E-state index in [0.29, 0.717) is 5.82 Å². The minimum atomic E-state index is 0.709. The second-order valence-corrected chi connectivity index (χ2v) is 8.20. The molecule has 0 atom stereocenters. The lowest BCUT2D eigenvalue weighted by Crippen LogP contribution is -2.34. The number of benzene rings is 1. The van der Waals surface area contributed by atoms with Crippen molar-refractivity contribution in [3.63, 3.8) is 0 Å². The highest BCUT2D eigenvalue weighted by molar-refractivity contribution is 7.99. The Hall–Kier alpha value is -2.44. The number of hydrogen-bond acceptors (Lipinski definition) is 6. The first-order valence-corrected chi connectivity index (χ1v) is 10.8. The molecule has 6 heteroatoms. The zero-order valence-corrected chi connectivity index (χ0v) is 17.0. The molecule has 5 nitrogen and oxygen atoms in total. The first-order chi connectivity index (χ1) is 13.8. The molecule has 4 rings (SSSR count). The zero-order valence-electron chi connectivity index (χ0n) is 16.1. The van der Waals surface area contributed by atoms with Gasteiger partial charge in [-0.1, -0.05) is 12.1 Å². The molecule has 28 heavy (non-hydrogen) atoms. The largest absolute Gasteiger partial charge is 0.340 e. The van der Waals surface area contributed by atoms with Crippen LogP contribution >= 0.6 is 11.8 Å². The third-order valence-corrected chi connectivity index (χ3v) is 5.78. The number of nitrogens with one attached hydrogen (secondary N) is 1. The maximum Gasteiger partial charge on any atom is 0.161 e. The van der Waals surface area contributed by atoms with Gasteiger partial charge in [-0.15, -0.1) is 0 Å². The van der Waals surface area contributed by atoms with Crippen molar-refractivity contribution < 1.29 is 0 Å². The lowest BCUT2D eigenvalue weighted by Gasteiger charge is -2.26. The van der Waals surface area contributed by atoms with Crippen molar-refractivity contribution >= 4 is 23.3 Å². The normalized spacial score (nSPS) is 14.8. The van der Waals surface area contributed by atoms with Crippen LogP contribution in [0.15, 0.2) is 54.9 Å². The summed E-state index contributed by atoms with van der Waals surface area (Å²) in [5.41, 5.74) is 4.31. The van der Waals surface area contributed by atoms with Crippen LogP contribution in [0.5, 0.6) is 0 Å². The summed E-state index contributed by atoms with van der Waals surface area (Å²) in [4.78, 5) is 15.8. The Bertz CT molecular complexity index is 893. The fourth-order valence-electron chi connectivity index (χ4n) is 3.28. The summed E-state index contributed by atoms with van der Waals surface area (Å²) < 4.78 is 0. The van der Waals surface area contributed by atoms with Crippen LogP contribution in [0.3, 0.4) is 0 Å². The third-order valence-electron chi connectivity index (χ3n) is 4.84. The van der Waals surface area contributed by atoms with Crippen LogP contribution in [0.4, 0.5) is 11.5 Å². The van der Waals surface area contributed by atoms with Gasteiger partial charge in [0.05, 0.1) is 0 Å². The summed E-state index contributed by atoms with van der Waals surface area (Å²) in [6, 6.07) is 14.5. The van der Waals surface area contributed by atoms with Gasteiger partial charge in [-0.25, -0.2) is 9.97 Å². The highest BCUT2D eigenvalue weighted by atomic mass is 32.2. The zero-order chi connectivity index (χ0) is 19.2. The van der Waals surface area contributed by atoms with Crippen molar-refractivity contribution in [2.24, 2.45) is 0 Å². The van der Waals surface area contributed by atoms with E-state index in [9.17, 15) is 0 Å². The first-order valence-electron chi connectivity index (χ1n) is 9.68. The van der Waals surface area contributed by atoms with Crippen molar-refractivity contribution in [2.45, 2.75) is 13.3 Å². The van der Waals surface area contributed by atoms with E-state index in [1.54, 1.807) is 12.4 Å². The Labute approximate surface area is 170 Å². The Morgan fingerprint density at radius 3 is 2.50 bits per heavy atom. The van der Waals surface area contributed by atoms with E-state index in [-0.39, 0.29) is 0 Å². The van der Waals surface area contributed by atoms with E-state index < -0.39 is 0 Å². The number of anilines is 2. The molecule has 1 fully saturated rings. The third kappa shape index (κ3) is 5.09. The lowest BCUT2D eigenvalue weighted by molar-refractivity contribution is 0.306. The first kappa shape index (κ1) is 18.9. The van der Waals surface area contributed by atoms with Crippen molar-refractivity contribution in [3.8, 4) is 11.4 Å². The van der Waals surface area contributed by atoms with Crippen LogP contribution in [0.25, 0.3) is 11.4 Å². The molecule has 2 aromatic heterocycles. The quantitative estimate of drug-likeness (QED) is 0.680. The summed E-state index contributed by atoms with van der Waals surface area (Å²) in [5, 5.41) is 3.41. The van der Waals surface area contributed by atoms with Gasteiger partial charge in [-0.2, -0.15) is 11.8 Å². The molecule has 1 aliphatic heterocycles. The van der Waals surface area contributed by atoms with Gasteiger partial charge >= 0.3 is 0 Å². The van der Waals surface area contributed by atoms with Gasteiger partial charge in [0, 0.05) is 66.5 Å². The summed E-state index contributed by atoms with van der Waals surface area (Å²) in [6.45, 7) is 5.57. The van der Waals surface area contributed by atoms with Crippen LogP contribution in [-0.4, -0.2) is 51.0 Å². The molecule has 0 radical (unpaired) electrons. The summed E-state index contributed by atoms with van der Waals surface area (Å²) >= 11 is 2.06. The summed E-state index contributed by atoms with van der Waals surface area (Å²) in [5.74, 6) is 4.05. The number of aromatic nitrogens is 3. The van der Waals surface area contributed by atoms with Crippen LogP contribution < -0.4 is 5.32 Å². The molecule has 1 aromatic carbocycles. The maximum absolute atomic E-state index is 4.66. The van der Waals surface area contributed by atoms with E-state index >= 15 is 0 Å². The highest BCUT2D eigenvalue weighted by Gasteiger charge is 2.10. The SMILES string of the molecule is Cc1cc(Nc2ccc(CCN3CCSCC3)cc2)nc(-c2ccncc2)n1. The number of thioether (sulfide) groups is 1. The monoisotopic (exact) mass is 391 g/mol. The van der Waals surface area contributed by atoms with E-state index in [0.717, 1.165) is 35.7 Å². The van der Waals surface area contributed by atoms with Crippen molar-refractivity contribution in [1.82, 2.24) is 19.9 Å². The molecule has 0 saturated carbocycles. The number of rotatable bonds is 6. The van der Waals surface area contributed by atoms with Gasteiger partial charge in [0.1, 0.15) is 5.82 Å². The molecule has 3 heterocycles. The van der Waals surface area contributed by atoms with Crippen LogP contribution in [-0.2, 0) is 6.42 Å². The van der Waals surface area contributed by atoms with Gasteiger partial charge < -0.3 is 10.2 Å². The fraction of sp³-hybridized carbons (Fsp3) is 0.318. The highest BCUT2D eigenvalue weighted by Crippen LogP contribution is 2.21. The fourth-order valence-corrected chi connectivity index (χ4v) is 4.26. The Morgan fingerprint density at radius 2 is 1.75 bits per heavy atom. The molecule has 0 amide bonds. The van der Waals surface area contributed by atoms with E-state index in [2.05, 4.69) is 61.2 Å². The van der Waals surface area contributed by atoms with Gasteiger partial charge in [-0.3, -0.25) is 4.98 Å².